The third-order valence-electron chi connectivity index (χ3n) is 9.30. The second-order valence-corrected chi connectivity index (χ2v) is 16.0. The summed E-state index contributed by atoms with van der Waals surface area (Å²) in [6.07, 6.45) is -14.3. The summed E-state index contributed by atoms with van der Waals surface area (Å²) >= 11 is 0. The summed E-state index contributed by atoms with van der Waals surface area (Å²) in [4.78, 5) is 14.2. The van der Waals surface area contributed by atoms with Crippen molar-refractivity contribution in [2.45, 2.75) is 71.5 Å². The van der Waals surface area contributed by atoms with E-state index in [1.807, 2.05) is 0 Å². The zero-order valence-electron chi connectivity index (χ0n) is 23.9. The zero-order chi connectivity index (χ0) is 34.3. The molecule has 2 aromatic rings. The van der Waals surface area contributed by atoms with Crippen LogP contribution in [0.25, 0.3) is 0 Å². The van der Waals surface area contributed by atoms with Crippen LogP contribution in [0, 0.1) is 5.82 Å². The molecule has 1 amide bonds. The van der Waals surface area contributed by atoms with Crippen LogP contribution in [0.2, 0.25) is 0 Å². The quantitative estimate of drug-likeness (QED) is 0.319. The molecule has 2 heterocycles. The molecule has 3 aliphatic rings. The molecule has 0 radical (unpaired) electrons. The molecule has 2 fully saturated rings. The number of carbonyl (C=O) groups excluding carboxylic acids is 1. The highest BCUT2D eigenvalue weighted by Crippen LogP contribution is 2.57. The van der Waals surface area contributed by atoms with Gasteiger partial charge in [-0.3, -0.25) is 4.79 Å². The lowest BCUT2D eigenvalue weighted by atomic mass is 9.76. The van der Waals surface area contributed by atoms with Crippen molar-refractivity contribution in [2.75, 3.05) is 25.9 Å². The van der Waals surface area contributed by atoms with Gasteiger partial charge in [-0.05, 0) is 54.7 Å². The number of halogens is 9. The minimum atomic E-state index is -6.42. The molecule has 46 heavy (non-hydrogen) atoms. The van der Waals surface area contributed by atoms with Gasteiger partial charge in [0.1, 0.15) is 10.6 Å². The zero-order valence-corrected chi connectivity index (χ0v) is 25.6. The molecule has 5 rings (SSSR count). The first-order valence-electron chi connectivity index (χ1n) is 13.9. The highest BCUT2D eigenvalue weighted by atomic mass is 32.2. The van der Waals surface area contributed by atoms with Gasteiger partial charge in [0.25, 0.3) is 5.91 Å². The number of rotatable bonds is 5. The summed E-state index contributed by atoms with van der Waals surface area (Å²) in [5, 5.41) is 0. The fourth-order valence-electron chi connectivity index (χ4n) is 6.94. The number of amides is 1. The molecule has 0 bridgehead atoms. The van der Waals surface area contributed by atoms with Gasteiger partial charge < -0.3 is 4.90 Å². The summed E-state index contributed by atoms with van der Waals surface area (Å²) in [7, 11) is -8.45. The molecule has 0 spiro atoms. The molecular weight excluding hydrogens is 679 g/mol. The Balaban J connectivity index is 1.63. The lowest BCUT2D eigenvalue weighted by Crippen LogP contribution is -2.58. The summed E-state index contributed by atoms with van der Waals surface area (Å²) < 4.78 is 178. The number of hydrogen-bond donors (Lipinski definition) is 0. The van der Waals surface area contributed by atoms with E-state index in [-0.39, 0.29) is 36.7 Å². The summed E-state index contributed by atoms with van der Waals surface area (Å²) in [5.41, 5.74) is -10.8. The van der Waals surface area contributed by atoms with Gasteiger partial charge >= 0.3 is 18.0 Å². The van der Waals surface area contributed by atoms with Crippen LogP contribution >= 0.6 is 0 Å². The van der Waals surface area contributed by atoms with Crippen molar-refractivity contribution in [3.8, 4) is 0 Å². The average Bonchev–Trinajstić information content (AvgIpc) is 3.36. The van der Waals surface area contributed by atoms with Gasteiger partial charge in [0.15, 0.2) is 15.5 Å². The van der Waals surface area contributed by atoms with Gasteiger partial charge in [-0.25, -0.2) is 34.3 Å². The number of carbonyl (C=O) groups is 1. The average molecular weight is 707 g/mol. The van der Waals surface area contributed by atoms with E-state index >= 15 is 4.39 Å². The van der Waals surface area contributed by atoms with Crippen LogP contribution in [0.15, 0.2) is 47.4 Å². The molecule has 0 aromatic heterocycles. The maximum absolute atomic E-state index is 16.2. The number of sulfone groups is 1. The van der Waals surface area contributed by atoms with E-state index in [0.29, 0.717) is 12.1 Å². The number of fused-ring (bicyclic) bond motifs is 3. The number of sulfonamides is 1. The Kier molecular flexibility index (Phi) is 8.12. The molecule has 18 heteroatoms. The van der Waals surface area contributed by atoms with E-state index in [9.17, 15) is 56.8 Å². The van der Waals surface area contributed by atoms with Crippen LogP contribution in [0.4, 0.5) is 39.5 Å². The number of hydrogen-bond acceptors (Lipinski definition) is 5. The molecule has 0 N–H and O–H groups in total. The van der Waals surface area contributed by atoms with Crippen LogP contribution in [0.5, 0.6) is 0 Å². The van der Waals surface area contributed by atoms with Gasteiger partial charge in [0.05, 0.1) is 17.2 Å². The van der Waals surface area contributed by atoms with E-state index in [1.165, 1.54) is 0 Å². The monoisotopic (exact) mass is 706 g/mol. The number of alkyl halides is 8. The first-order valence-corrected chi connectivity index (χ1v) is 17.3. The van der Waals surface area contributed by atoms with Gasteiger partial charge in [0.2, 0.25) is 10.0 Å². The van der Waals surface area contributed by atoms with Gasteiger partial charge in [0, 0.05) is 38.0 Å². The second kappa shape index (κ2) is 10.8. The Morgan fingerprint density at radius 3 is 1.93 bits per heavy atom. The molecule has 7 nitrogen and oxygen atoms in total. The van der Waals surface area contributed by atoms with Gasteiger partial charge in [-0.1, -0.05) is 18.2 Å². The van der Waals surface area contributed by atoms with Crippen LogP contribution in [-0.2, 0) is 41.5 Å². The van der Waals surface area contributed by atoms with Crippen molar-refractivity contribution in [1.29, 1.82) is 0 Å². The number of benzene rings is 2. The molecular formula is C28H27F9N2O5S2. The van der Waals surface area contributed by atoms with Crippen LogP contribution in [0.1, 0.15) is 42.4 Å². The molecule has 2 atom stereocenters. The largest absolute Gasteiger partial charge is 0.435 e. The molecule has 2 aliphatic heterocycles. The van der Waals surface area contributed by atoms with E-state index in [0.717, 1.165) is 39.7 Å². The standard InChI is InChI=1S/C28H27F9N2O5S2/c1-45(41,42)38-13-10-24(30,11-14-38)23(40)39-15-12-25(46(43,44)20-6-4-19(29)5-7-20)21-8-3-18(16-17(21)2-9-22(25)39)26(31,27(32,33)34)28(35,36)37/h3-8,16,22H,2,9-15H2,1H3/t22-,25-/m0/s1. The number of nitrogens with zero attached hydrogens (tertiary/aromatic N) is 2. The normalized spacial score (nSPS) is 24.4. The van der Waals surface area contributed by atoms with Crippen molar-refractivity contribution >= 4 is 25.8 Å². The third-order valence-corrected chi connectivity index (χ3v) is 13.1. The highest BCUT2D eigenvalue weighted by Gasteiger charge is 2.74. The Hall–Kier alpha value is -2.86. The molecule has 2 aromatic carbocycles. The van der Waals surface area contributed by atoms with E-state index in [4.69, 9.17) is 0 Å². The minimum absolute atomic E-state index is 0.201. The predicted molar refractivity (Wildman–Crippen MR) is 145 cm³/mol. The molecule has 2 saturated heterocycles. The fourth-order valence-corrected chi connectivity index (χ4v) is 10.2. The van der Waals surface area contributed by atoms with Crippen molar-refractivity contribution in [3.05, 3.63) is 65.0 Å². The Morgan fingerprint density at radius 1 is 0.848 bits per heavy atom. The van der Waals surface area contributed by atoms with E-state index < -0.39 is 109 Å². The summed E-state index contributed by atoms with van der Waals surface area (Å²) in [5.74, 6) is -1.96. The van der Waals surface area contributed by atoms with Crippen LogP contribution in [-0.4, -0.2) is 81.9 Å². The van der Waals surface area contributed by atoms with Crippen LogP contribution < -0.4 is 0 Å². The molecule has 0 unspecified atom stereocenters. The lowest BCUT2D eigenvalue weighted by Gasteiger charge is -2.44. The van der Waals surface area contributed by atoms with Crippen molar-refractivity contribution in [3.63, 3.8) is 0 Å². The maximum Gasteiger partial charge on any atom is 0.435 e. The predicted octanol–water partition coefficient (Wildman–Crippen LogP) is 5.10. The lowest BCUT2D eigenvalue weighted by molar-refractivity contribution is -0.348. The third kappa shape index (κ3) is 5.09. The summed E-state index contributed by atoms with van der Waals surface area (Å²) in [6, 6.07) is 3.24. The smallest absolute Gasteiger partial charge is 0.335 e. The molecule has 1 aliphatic carbocycles. The number of piperidine rings is 1. The van der Waals surface area contributed by atoms with E-state index in [2.05, 4.69) is 0 Å². The SMILES string of the molecule is CS(=O)(=O)N1CCC(F)(C(=O)N2CC[C@]3(S(=O)(=O)c4ccc(F)cc4)c4ccc(C(F)(C(F)(F)F)C(F)(F)F)cc4CC[C@H]23)CC1. The Bertz CT molecular complexity index is 1740. The second-order valence-electron chi connectivity index (χ2n) is 11.8. The first kappa shape index (κ1) is 34.5. The summed E-state index contributed by atoms with van der Waals surface area (Å²) in [6.45, 7) is -1.08. The van der Waals surface area contributed by atoms with Crippen molar-refractivity contribution < 1.29 is 61.1 Å². The van der Waals surface area contributed by atoms with Crippen LogP contribution in [0.3, 0.4) is 0 Å². The Labute approximate surface area is 258 Å². The van der Waals surface area contributed by atoms with Crippen molar-refractivity contribution in [2.24, 2.45) is 0 Å². The fraction of sp³-hybridized carbons (Fsp3) is 0.536. The molecule has 0 saturated carbocycles. The maximum atomic E-state index is 16.2. The highest BCUT2D eigenvalue weighted by molar-refractivity contribution is 7.92. The minimum Gasteiger partial charge on any atom is -0.335 e. The topological polar surface area (TPSA) is 91.8 Å². The number of aryl methyl sites for hydroxylation is 1. The van der Waals surface area contributed by atoms with Gasteiger partial charge in [-0.15, -0.1) is 0 Å². The Morgan fingerprint density at radius 2 is 1.41 bits per heavy atom. The molecule has 254 valence electrons. The van der Waals surface area contributed by atoms with Gasteiger partial charge in [-0.2, -0.15) is 26.3 Å². The van der Waals surface area contributed by atoms with Crippen molar-refractivity contribution in [1.82, 2.24) is 9.21 Å². The first-order chi connectivity index (χ1) is 21.0. The van der Waals surface area contributed by atoms with E-state index in [1.54, 1.807) is 0 Å². The number of likely N-dealkylation sites (tertiary alicyclic amines) is 1.